The van der Waals surface area contributed by atoms with Gasteiger partial charge in [0, 0.05) is 38.4 Å². The Kier molecular flexibility index (Phi) is 4.19. The van der Waals surface area contributed by atoms with Crippen molar-refractivity contribution in [3.63, 3.8) is 0 Å². The van der Waals surface area contributed by atoms with Crippen molar-refractivity contribution in [3.05, 3.63) is 47.7 Å². The molecule has 2 heterocycles. The van der Waals surface area contributed by atoms with Crippen LogP contribution in [0.15, 0.2) is 42.1 Å². The first kappa shape index (κ1) is 12.7. The topological polar surface area (TPSA) is 6.48 Å². The predicted molar refractivity (Wildman–Crippen MR) is 80.1 cm³/mol. The Bertz CT molecular complexity index is 418. The first-order valence-electron chi connectivity index (χ1n) is 7.62. The number of benzene rings is 1. The summed E-state index contributed by atoms with van der Waals surface area (Å²) < 4.78 is 0. The lowest BCUT2D eigenvalue weighted by Crippen LogP contribution is -2.34. The number of hydrogen-bond donors (Lipinski definition) is 0. The molecule has 2 aliphatic rings. The predicted octanol–water partition coefficient (Wildman–Crippen LogP) is 2.91. The molecule has 1 aromatic rings. The van der Waals surface area contributed by atoms with Crippen molar-refractivity contribution in [2.75, 3.05) is 32.7 Å². The molecule has 0 bridgehead atoms. The molecule has 19 heavy (non-hydrogen) atoms. The van der Waals surface area contributed by atoms with E-state index < -0.39 is 0 Å². The van der Waals surface area contributed by atoms with E-state index in [-0.39, 0.29) is 0 Å². The highest BCUT2D eigenvalue weighted by Gasteiger charge is 2.18. The molecule has 1 aromatic carbocycles. The third kappa shape index (κ3) is 3.38. The lowest BCUT2D eigenvalue weighted by atomic mass is 10.1. The summed E-state index contributed by atoms with van der Waals surface area (Å²) in [6, 6.07) is 10.8. The zero-order chi connectivity index (χ0) is 12.9. The highest BCUT2D eigenvalue weighted by atomic mass is 15.2. The van der Waals surface area contributed by atoms with Gasteiger partial charge in [0.15, 0.2) is 0 Å². The van der Waals surface area contributed by atoms with Gasteiger partial charge < -0.3 is 4.90 Å². The van der Waals surface area contributed by atoms with Crippen molar-refractivity contribution < 1.29 is 0 Å². The molecule has 1 fully saturated rings. The van der Waals surface area contributed by atoms with Crippen LogP contribution >= 0.6 is 0 Å². The monoisotopic (exact) mass is 256 g/mol. The van der Waals surface area contributed by atoms with Crippen molar-refractivity contribution in [1.82, 2.24) is 9.80 Å². The summed E-state index contributed by atoms with van der Waals surface area (Å²) in [5.41, 5.74) is 3.06. The molecule has 0 N–H and O–H groups in total. The SMILES string of the molecule is C1=C(N2CCCC2)CCN(CCc2ccccc2)C1. The summed E-state index contributed by atoms with van der Waals surface area (Å²) in [7, 11) is 0. The number of rotatable bonds is 4. The summed E-state index contributed by atoms with van der Waals surface area (Å²) >= 11 is 0. The number of hydrogen-bond acceptors (Lipinski definition) is 2. The molecule has 3 rings (SSSR count). The van der Waals surface area contributed by atoms with Gasteiger partial charge >= 0.3 is 0 Å². The Morgan fingerprint density at radius 1 is 0.947 bits per heavy atom. The third-order valence-electron chi connectivity index (χ3n) is 4.34. The van der Waals surface area contributed by atoms with Crippen LogP contribution in [0.25, 0.3) is 0 Å². The van der Waals surface area contributed by atoms with E-state index in [0.717, 1.165) is 6.54 Å². The lowest BCUT2D eigenvalue weighted by molar-refractivity contribution is 0.271. The molecule has 0 atom stereocenters. The van der Waals surface area contributed by atoms with Gasteiger partial charge in [0.1, 0.15) is 0 Å². The van der Waals surface area contributed by atoms with Crippen LogP contribution < -0.4 is 0 Å². The quantitative estimate of drug-likeness (QED) is 0.817. The van der Waals surface area contributed by atoms with Crippen LogP contribution in [0.3, 0.4) is 0 Å². The van der Waals surface area contributed by atoms with E-state index in [1.807, 2.05) is 0 Å². The van der Waals surface area contributed by atoms with Crippen molar-refractivity contribution in [2.45, 2.75) is 25.7 Å². The minimum Gasteiger partial charge on any atom is -0.375 e. The molecule has 2 aliphatic heterocycles. The van der Waals surface area contributed by atoms with Gasteiger partial charge in [-0.15, -0.1) is 0 Å². The zero-order valence-corrected chi connectivity index (χ0v) is 11.7. The number of nitrogens with zero attached hydrogens (tertiary/aromatic N) is 2. The molecule has 0 aliphatic carbocycles. The van der Waals surface area contributed by atoms with Crippen molar-refractivity contribution >= 4 is 0 Å². The second-order valence-corrected chi connectivity index (χ2v) is 5.68. The molecular weight excluding hydrogens is 232 g/mol. The second-order valence-electron chi connectivity index (χ2n) is 5.68. The fourth-order valence-electron chi connectivity index (χ4n) is 3.13. The average molecular weight is 256 g/mol. The number of likely N-dealkylation sites (tertiary alicyclic amines) is 1. The van der Waals surface area contributed by atoms with Gasteiger partial charge in [-0.2, -0.15) is 0 Å². The highest BCUT2D eigenvalue weighted by Crippen LogP contribution is 2.20. The molecule has 0 aromatic heterocycles. The fourth-order valence-corrected chi connectivity index (χ4v) is 3.13. The van der Waals surface area contributed by atoms with Gasteiger partial charge in [-0.05, 0) is 31.2 Å². The molecule has 0 spiro atoms. The fraction of sp³-hybridized carbons (Fsp3) is 0.529. The van der Waals surface area contributed by atoms with Crippen LogP contribution in [0.5, 0.6) is 0 Å². The lowest BCUT2D eigenvalue weighted by Gasteiger charge is -2.30. The summed E-state index contributed by atoms with van der Waals surface area (Å²) in [6.45, 7) is 6.13. The van der Waals surface area contributed by atoms with Crippen LogP contribution in [-0.2, 0) is 6.42 Å². The maximum atomic E-state index is 2.59. The van der Waals surface area contributed by atoms with Gasteiger partial charge in [0.05, 0.1) is 0 Å². The summed E-state index contributed by atoms with van der Waals surface area (Å²) in [4.78, 5) is 5.17. The van der Waals surface area contributed by atoms with E-state index in [9.17, 15) is 0 Å². The zero-order valence-electron chi connectivity index (χ0n) is 11.7. The molecule has 0 radical (unpaired) electrons. The summed E-state index contributed by atoms with van der Waals surface area (Å²) in [5.74, 6) is 0. The van der Waals surface area contributed by atoms with Crippen LogP contribution in [0, 0.1) is 0 Å². The Balaban J connectivity index is 1.47. The van der Waals surface area contributed by atoms with Crippen molar-refractivity contribution in [1.29, 1.82) is 0 Å². The first-order chi connectivity index (χ1) is 9.42. The van der Waals surface area contributed by atoms with Gasteiger partial charge in [0.25, 0.3) is 0 Å². The Morgan fingerprint density at radius 3 is 2.42 bits per heavy atom. The molecule has 1 saturated heterocycles. The molecule has 0 amide bonds. The molecule has 102 valence electrons. The van der Waals surface area contributed by atoms with E-state index in [0.29, 0.717) is 0 Å². The molecule has 0 unspecified atom stereocenters. The Labute approximate surface area is 116 Å². The molecule has 2 heteroatoms. The van der Waals surface area contributed by atoms with Crippen LogP contribution in [-0.4, -0.2) is 42.5 Å². The summed E-state index contributed by atoms with van der Waals surface area (Å²) in [5, 5.41) is 0. The second kappa shape index (κ2) is 6.25. The summed E-state index contributed by atoms with van der Waals surface area (Å²) in [6.07, 6.45) is 7.65. The average Bonchev–Trinajstić information content (AvgIpc) is 3.01. The van der Waals surface area contributed by atoms with Gasteiger partial charge in [-0.25, -0.2) is 0 Å². The van der Waals surface area contributed by atoms with E-state index >= 15 is 0 Å². The van der Waals surface area contributed by atoms with E-state index in [4.69, 9.17) is 0 Å². The maximum absolute atomic E-state index is 2.59. The van der Waals surface area contributed by atoms with Crippen molar-refractivity contribution in [3.8, 4) is 0 Å². The highest BCUT2D eigenvalue weighted by molar-refractivity contribution is 5.15. The largest absolute Gasteiger partial charge is 0.375 e. The molecule has 2 nitrogen and oxygen atoms in total. The first-order valence-corrected chi connectivity index (χ1v) is 7.62. The Morgan fingerprint density at radius 2 is 1.74 bits per heavy atom. The van der Waals surface area contributed by atoms with Crippen LogP contribution in [0.4, 0.5) is 0 Å². The van der Waals surface area contributed by atoms with Gasteiger partial charge in [0.2, 0.25) is 0 Å². The Hall–Kier alpha value is -1.28. The maximum Gasteiger partial charge on any atom is 0.0183 e. The van der Waals surface area contributed by atoms with Gasteiger partial charge in [-0.1, -0.05) is 36.4 Å². The minimum absolute atomic E-state index is 1.14. The van der Waals surface area contributed by atoms with Crippen LogP contribution in [0.1, 0.15) is 24.8 Å². The van der Waals surface area contributed by atoms with E-state index in [1.54, 1.807) is 5.70 Å². The molecular formula is C17H24N2. The van der Waals surface area contributed by atoms with E-state index in [1.165, 1.54) is 57.4 Å². The van der Waals surface area contributed by atoms with Gasteiger partial charge in [-0.3, -0.25) is 4.90 Å². The normalized spacial score (nSPS) is 20.6. The molecule has 0 saturated carbocycles. The van der Waals surface area contributed by atoms with E-state index in [2.05, 4.69) is 46.2 Å². The van der Waals surface area contributed by atoms with Crippen molar-refractivity contribution in [2.24, 2.45) is 0 Å². The minimum atomic E-state index is 1.14. The standard InChI is InChI=1S/C17H24N2/c1-2-6-16(7-3-1)8-13-18-14-9-17(10-15-18)19-11-4-5-12-19/h1-3,6-7,9H,4-5,8,10-15H2. The third-order valence-corrected chi connectivity index (χ3v) is 4.34. The van der Waals surface area contributed by atoms with Crippen LogP contribution in [0.2, 0.25) is 0 Å². The smallest absolute Gasteiger partial charge is 0.0183 e.